The van der Waals surface area contributed by atoms with Gasteiger partial charge >= 0.3 is 0 Å². The molecule has 0 aliphatic carbocycles. The predicted octanol–water partition coefficient (Wildman–Crippen LogP) is 0.332. The molecule has 0 aromatic heterocycles. The van der Waals surface area contributed by atoms with Crippen LogP contribution in [0.3, 0.4) is 0 Å². The summed E-state index contributed by atoms with van der Waals surface area (Å²) in [6, 6.07) is 6.89. The van der Waals surface area contributed by atoms with Gasteiger partial charge in [0.2, 0.25) is 0 Å². The van der Waals surface area contributed by atoms with E-state index >= 15 is 0 Å². The fourth-order valence-electron chi connectivity index (χ4n) is 4.99. The van der Waals surface area contributed by atoms with Gasteiger partial charge in [-0.2, -0.15) is 0 Å². The average Bonchev–Trinajstić information content (AvgIpc) is 2.90. The number of morpholine rings is 2. The summed E-state index contributed by atoms with van der Waals surface area (Å²) in [6.45, 7) is 8.21. The summed E-state index contributed by atoms with van der Waals surface area (Å²) in [4.78, 5) is 23.2. The van der Waals surface area contributed by atoms with Crippen molar-refractivity contribution in [3.05, 3.63) is 52.2 Å². The molecule has 4 aliphatic heterocycles. The molecule has 0 amide bonds. The van der Waals surface area contributed by atoms with E-state index in [0.717, 1.165) is 57.2 Å². The molecule has 2 N–H and O–H groups in total. The Morgan fingerprint density at radius 2 is 1.73 bits per heavy atom. The summed E-state index contributed by atoms with van der Waals surface area (Å²) >= 11 is 0. The van der Waals surface area contributed by atoms with Gasteiger partial charge in [-0.1, -0.05) is 12.1 Å². The van der Waals surface area contributed by atoms with Crippen LogP contribution >= 0.6 is 0 Å². The summed E-state index contributed by atoms with van der Waals surface area (Å²) in [5.74, 6) is 0.185. The van der Waals surface area contributed by atoms with Crippen molar-refractivity contribution in [3.8, 4) is 0 Å². The number of hydrogen-bond donors (Lipinski definition) is 2. The van der Waals surface area contributed by atoms with Crippen molar-refractivity contribution >= 4 is 11.5 Å². The highest BCUT2D eigenvalue weighted by atomic mass is 16.6. The van der Waals surface area contributed by atoms with Gasteiger partial charge in [0.25, 0.3) is 11.6 Å². The van der Waals surface area contributed by atoms with Gasteiger partial charge in [0.1, 0.15) is 5.84 Å². The molecular weight excluding hydrogens is 426 g/mol. The van der Waals surface area contributed by atoms with Crippen molar-refractivity contribution in [2.75, 3.05) is 72.2 Å². The fourth-order valence-corrected chi connectivity index (χ4v) is 4.99. The first-order valence-electron chi connectivity index (χ1n) is 11.6. The number of benzene rings is 1. The first-order chi connectivity index (χ1) is 16.2. The van der Waals surface area contributed by atoms with E-state index in [2.05, 4.69) is 25.3 Å². The number of hydrogen-bond acceptors (Lipinski definition) is 10. The van der Waals surface area contributed by atoms with Crippen molar-refractivity contribution in [3.63, 3.8) is 0 Å². The molecule has 2 unspecified atom stereocenters. The van der Waals surface area contributed by atoms with Gasteiger partial charge in [0.15, 0.2) is 0 Å². The molecule has 4 heterocycles. The Morgan fingerprint density at radius 1 is 1.03 bits per heavy atom. The lowest BCUT2D eigenvalue weighted by molar-refractivity contribution is -0.384. The molecule has 0 bridgehead atoms. The van der Waals surface area contributed by atoms with E-state index in [1.807, 2.05) is 24.4 Å². The van der Waals surface area contributed by atoms with Gasteiger partial charge in [0, 0.05) is 64.1 Å². The molecule has 33 heavy (non-hydrogen) atoms. The topological polar surface area (TPSA) is 108 Å². The maximum absolute atomic E-state index is 11.2. The lowest BCUT2D eigenvalue weighted by atomic mass is 10.0. The number of amidine groups is 1. The minimum atomic E-state index is -0.763. The zero-order valence-electron chi connectivity index (χ0n) is 18.7. The van der Waals surface area contributed by atoms with Crippen molar-refractivity contribution in [2.24, 2.45) is 4.99 Å². The van der Waals surface area contributed by atoms with E-state index in [9.17, 15) is 10.1 Å². The number of nitrogens with one attached hydrogen (secondary N) is 2. The highest BCUT2D eigenvalue weighted by Crippen LogP contribution is 2.34. The molecule has 0 spiro atoms. The molecule has 1 aromatic rings. The zero-order chi connectivity index (χ0) is 22.7. The van der Waals surface area contributed by atoms with Crippen molar-refractivity contribution < 1.29 is 14.4 Å². The standard InChI is InChI=1S/C22H31N7O4/c30-29(31)19-3-1-18(2-4-19)20-17-23-7-8-28(20)22(27-11-15-33-16-12-27)24-6-5-21(25-22)26-9-13-32-14-10-26/h1-6,20,23-24H,7-17H2. The average molecular weight is 458 g/mol. The van der Waals surface area contributed by atoms with Crippen molar-refractivity contribution in [1.82, 2.24) is 25.3 Å². The van der Waals surface area contributed by atoms with E-state index in [4.69, 9.17) is 14.5 Å². The van der Waals surface area contributed by atoms with Crippen LogP contribution in [-0.2, 0) is 9.47 Å². The van der Waals surface area contributed by atoms with Crippen molar-refractivity contribution in [1.29, 1.82) is 0 Å². The fraction of sp³-hybridized carbons (Fsp3) is 0.591. The van der Waals surface area contributed by atoms with Gasteiger partial charge in [0.05, 0.1) is 37.4 Å². The van der Waals surface area contributed by atoms with Crippen LogP contribution in [0.25, 0.3) is 0 Å². The van der Waals surface area contributed by atoms with Crippen LogP contribution < -0.4 is 10.6 Å². The van der Waals surface area contributed by atoms with Crippen LogP contribution in [-0.4, -0.2) is 104 Å². The zero-order valence-corrected chi connectivity index (χ0v) is 18.7. The Morgan fingerprint density at radius 3 is 2.42 bits per heavy atom. The number of nitro benzene ring substituents is 1. The molecule has 5 rings (SSSR count). The molecular formula is C22H31N7O4. The number of nitro groups is 1. The summed E-state index contributed by atoms with van der Waals surface area (Å²) in [5, 5.41) is 18.3. The second-order valence-electron chi connectivity index (χ2n) is 8.54. The molecule has 1 aromatic carbocycles. The molecule has 3 fully saturated rings. The van der Waals surface area contributed by atoms with E-state index in [-0.39, 0.29) is 16.7 Å². The number of ether oxygens (including phenoxy) is 2. The molecule has 0 radical (unpaired) electrons. The molecule has 11 nitrogen and oxygen atoms in total. The molecule has 4 aliphatic rings. The number of non-ortho nitro benzene ring substituents is 1. The Kier molecular flexibility index (Phi) is 6.56. The minimum Gasteiger partial charge on any atom is -0.379 e. The highest BCUT2D eigenvalue weighted by molar-refractivity contribution is 5.93. The third-order valence-electron chi connectivity index (χ3n) is 6.70. The van der Waals surface area contributed by atoms with Crippen molar-refractivity contribution in [2.45, 2.75) is 12.0 Å². The smallest absolute Gasteiger partial charge is 0.269 e. The van der Waals surface area contributed by atoms with Crippen LogP contribution in [0.15, 0.2) is 41.5 Å². The molecule has 0 saturated carbocycles. The number of nitrogens with zero attached hydrogens (tertiary/aromatic N) is 5. The van der Waals surface area contributed by atoms with Crippen LogP contribution in [0.5, 0.6) is 0 Å². The maximum Gasteiger partial charge on any atom is 0.269 e. The lowest BCUT2D eigenvalue weighted by Crippen LogP contribution is -2.72. The van der Waals surface area contributed by atoms with Crippen LogP contribution in [0.1, 0.15) is 11.6 Å². The Hall–Kier alpha value is -2.57. The monoisotopic (exact) mass is 457 g/mol. The van der Waals surface area contributed by atoms with Gasteiger partial charge < -0.3 is 25.0 Å². The number of aliphatic imine (C=N–C) groups is 1. The summed E-state index contributed by atoms with van der Waals surface area (Å²) < 4.78 is 11.2. The van der Waals surface area contributed by atoms with Gasteiger partial charge in [-0.05, 0) is 11.6 Å². The van der Waals surface area contributed by atoms with E-state index in [1.165, 1.54) is 0 Å². The largest absolute Gasteiger partial charge is 0.379 e. The quantitative estimate of drug-likeness (QED) is 0.489. The number of rotatable bonds is 4. The summed E-state index contributed by atoms with van der Waals surface area (Å²) in [6.07, 6.45) is 4.04. The first-order valence-corrected chi connectivity index (χ1v) is 11.6. The predicted molar refractivity (Wildman–Crippen MR) is 123 cm³/mol. The van der Waals surface area contributed by atoms with Gasteiger partial charge in [-0.3, -0.25) is 10.1 Å². The van der Waals surface area contributed by atoms with Crippen LogP contribution in [0.4, 0.5) is 5.69 Å². The molecule has 2 atom stereocenters. The van der Waals surface area contributed by atoms with E-state index < -0.39 is 5.91 Å². The number of piperazine rings is 1. The molecule has 11 heteroatoms. The highest BCUT2D eigenvalue weighted by Gasteiger charge is 2.48. The second kappa shape index (κ2) is 9.74. The Bertz CT molecular complexity index is 897. The Labute approximate surface area is 193 Å². The second-order valence-corrected chi connectivity index (χ2v) is 8.54. The summed E-state index contributed by atoms with van der Waals surface area (Å²) in [7, 11) is 0. The third kappa shape index (κ3) is 4.46. The normalized spacial score (nSPS) is 29.4. The molecule has 3 saturated heterocycles. The van der Waals surface area contributed by atoms with Gasteiger partial charge in [-0.15, -0.1) is 0 Å². The third-order valence-corrected chi connectivity index (χ3v) is 6.70. The maximum atomic E-state index is 11.2. The van der Waals surface area contributed by atoms with Gasteiger partial charge in [-0.25, -0.2) is 14.8 Å². The van der Waals surface area contributed by atoms with Crippen LogP contribution in [0.2, 0.25) is 0 Å². The summed E-state index contributed by atoms with van der Waals surface area (Å²) in [5.41, 5.74) is 1.13. The first kappa shape index (κ1) is 22.2. The van der Waals surface area contributed by atoms with E-state index in [1.54, 1.807) is 12.1 Å². The lowest BCUT2D eigenvalue weighted by Gasteiger charge is -2.54. The molecule has 178 valence electrons. The van der Waals surface area contributed by atoms with E-state index in [0.29, 0.717) is 26.4 Å². The van der Waals surface area contributed by atoms with Crippen LogP contribution in [0, 0.1) is 10.1 Å². The minimum absolute atomic E-state index is 0.00362. The SMILES string of the molecule is O=[N+]([O-])c1ccc(C2CNCCN2C2(N3CCOCC3)N=C(N3CCOCC3)C=CN2)cc1. The Balaban J connectivity index is 1.52.